The van der Waals surface area contributed by atoms with Crippen LogP contribution in [0.15, 0.2) is 53.4 Å². The van der Waals surface area contributed by atoms with Gasteiger partial charge in [0.1, 0.15) is 12.4 Å². The number of aryl methyl sites for hydroxylation is 1. The number of piperidine rings is 1. The van der Waals surface area contributed by atoms with Crippen LogP contribution in [0.4, 0.5) is 0 Å². The maximum Gasteiger partial charge on any atom is 0.243 e. The van der Waals surface area contributed by atoms with Gasteiger partial charge in [0.05, 0.1) is 16.9 Å². The number of amides is 1. The quantitative estimate of drug-likeness (QED) is 0.698. The second kappa shape index (κ2) is 9.81. The molecule has 3 rings (SSSR count). The summed E-state index contributed by atoms with van der Waals surface area (Å²) >= 11 is 5.86. The first-order valence-corrected chi connectivity index (χ1v) is 11.8. The molecule has 0 radical (unpaired) electrons. The van der Waals surface area contributed by atoms with Crippen molar-refractivity contribution < 1.29 is 17.9 Å². The number of halogens is 1. The van der Waals surface area contributed by atoms with Gasteiger partial charge in [0.2, 0.25) is 15.9 Å². The number of rotatable bonds is 7. The van der Waals surface area contributed by atoms with E-state index in [9.17, 15) is 13.2 Å². The summed E-state index contributed by atoms with van der Waals surface area (Å²) < 4.78 is 33.0. The SMILES string of the molecule is Cc1ccccc1OC[C@@H](C)NC(=O)[C@H]1CCCN(S(=O)(=O)c2ccc(Cl)cc2)C1. The van der Waals surface area contributed by atoms with Crippen molar-refractivity contribution in [2.75, 3.05) is 19.7 Å². The van der Waals surface area contributed by atoms with Gasteiger partial charge in [-0.2, -0.15) is 4.31 Å². The average Bonchev–Trinajstić information content (AvgIpc) is 2.73. The van der Waals surface area contributed by atoms with Crippen molar-refractivity contribution in [1.82, 2.24) is 9.62 Å². The summed E-state index contributed by atoms with van der Waals surface area (Å²) in [7, 11) is -3.65. The normalized spacial score (nSPS) is 18.6. The molecule has 1 aliphatic rings. The molecular formula is C22H27ClN2O4S. The number of hydrogen-bond acceptors (Lipinski definition) is 4. The smallest absolute Gasteiger partial charge is 0.243 e. The van der Waals surface area contributed by atoms with Crippen LogP contribution in [-0.4, -0.2) is 44.4 Å². The summed E-state index contributed by atoms with van der Waals surface area (Å²) in [4.78, 5) is 12.9. The van der Waals surface area contributed by atoms with Crippen molar-refractivity contribution in [3.63, 3.8) is 0 Å². The lowest BCUT2D eigenvalue weighted by Crippen LogP contribution is -2.48. The van der Waals surface area contributed by atoms with E-state index in [0.717, 1.165) is 11.3 Å². The summed E-state index contributed by atoms with van der Waals surface area (Å²) in [5, 5.41) is 3.43. The molecule has 0 aliphatic carbocycles. The zero-order valence-corrected chi connectivity index (χ0v) is 18.7. The first-order chi connectivity index (χ1) is 14.3. The molecule has 0 spiro atoms. The van der Waals surface area contributed by atoms with E-state index in [2.05, 4.69) is 5.32 Å². The zero-order valence-electron chi connectivity index (χ0n) is 17.2. The maximum atomic E-state index is 12.9. The van der Waals surface area contributed by atoms with E-state index in [1.807, 2.05) is 38.1 Å². The molecule has 2 aromatic carbocycles. The van der Waals surface area contributed by atoms with Gasteiger partial charge < -0.3 is 10.1 Å². The minimum Gasteiger partial charge on any atom is -0.491 e. The van der Waals surface area contributed by atoms with Crippen LogP contribution in [0.3, 0.4) is 0 Å². The lowest BCUT2D eigenvalue weighted by Gasteiger charge is -2.31. The largest absolute Gasteiger partial charge is 0.491 e. The molecule has 162 valence electrons. The van der Waals surface area contributed by atoms with E-state index in [1.165, 1.54) is 16.4 Å². The molecule has 2 aromatic rings. The molecule has 0 unspecified atom stereocenters. The Hall–Kier alpha value is -2.09. The third-order valence-corrected chi connectivity index (χ3v) is 7.31. The van der Waals surface area contributed by atoms with E-state index in [4.69, 9.17) is 16.3 Å². The molecule has 2 atom stereocenters. The first kappa shape index (κ1) is 22.6. The van der Waals surface area contributed by atoms with Crippen LogP contribution in [-0.2, 0) is 14.8 Å². The van der Waals surface area contributed by atoms with Gasteiger partial charge in [-0.1, -0.05) is 29.8 Å². The van der Waals surface area contributed by atoms with E-state index >= 15 is 0 Å². The van der Waals surface area contributed by atoms with E-state index in [-0.39, 0.29) is 29.3 Å². The van der Waals surface area contributed by atoms with Crippen LogP contribution in [0.5, 0.6) is 5.75 Å². The number of carbonyl (C=O) groups excluding carboxylic acids is 1. The van der Waals surface area contributed by atoms with Crippen LogP contribution < -0.4 is 10.1 Å². The van der Waals surface area contributed by atoms with E-state index in [0.29, 0.717) is 31.0 Å². The molecule has 0 aromatic heterocycles. The van der Waals surface area contributed by atoms with Gasteiger partial charge in [0.25, 0.3) is 0 Å². The number of carbonyl (C=O) groups is 1. The fourth-order valence-corrected chi connectivity index (χ4v) is 5.12. The number of nitrogens with one attached hydrogen (secondary N) is 1. The highest BCUT2D eigenvalue weighted by molar-refractivity contribution is 7.89. The predicted molar refractivity (Wildman–Crippen MR) is 117 cm³/mol. The van der Waals surface area contributed by atoms with Crippen molar-refractivity contribution in [3.05, 3.63) is 59.1 Å². The molecule has 6 nitrogen and oxygen atoms in total. The van der Waals surface area contributed by atoms with Crippen molar-refractivity contribution >= 4 is 27.5 Å². The van der Waals surface area contributed by atoms with Gasteiger partial charge in [0, 0.05) is 18.1 Å². The van der Waals surface area contributed by atoms with E-state index in [1.54, 1.807) is 12.1 Å². The molecule has 1 heterocycles. The summed E-state index contributed by atoms with van der Waals surface area (Å²) in [6, 6.07) is 13.6. The van der Waals surface area contributed by atoms with Crippen LogP contribution in [0.1, 0.15) is 25.3 Å². The number of para-hydroxylation sites is 1. The van der Waals surface area contributed by atoms with Gasteiger partial charge in [-0.05, 0) is 62.6 Å². The Kier molecular flexibility index (Phi) is 7.39. The number of benzene rings is 2. The lowest BCUT2D eigenvalue weighted by atomic mass is 9.98. The minimum atomic E-state index is -3.65. The first-order valence-electron chi connectivity index (χ1n) is 10.0. The highest BCUT2D eigenvalue weighted by Gasteiger charge is 2.33. The highest BCUT2D eigenvalue weighted by Crippen LogP contribution is 2.25. The molecule has 1 saturated heterocycles. The monoisotopic (exact) mass is 450 g/mol. The molecular weight excluding hydrogens is 424 g/mol. The zero-order chi connectivity index (χ0) is 21.7. The predicted octanol–water partition coefficient (Wildman–Crippen LogP) is 3.63. The van der Waals surface area contributed by atoms with Gasteiger partial charge in [-0.25, -0.2) is 8.42 Å². The van der Waals surface area contributed by atoms with Crippen molar-refractivity contribution in [1.29, 1.82) is 0 Å². The summed E-state index contributed by atoms with van der Waals surface area (Å²) in [6.07, 6.45) is 1.29. The molecule has 0 saturated carbocycles. The molecule has 1 fully saturated rings. The Morgan fingerprint density at radius 1 is 1.23 bits per heavy atom. The van der Waals surface area contributed by atoms with Crippen molar-refractivity contribution in [2.45, 2.75) is 37.6 Å². The van der Waals surface area contributed by atoms with Crippen LogP contribution in [0, 0.1) is 12.8 Å². The molecule has 0 bridgehead atoms. The van der Waals surface area contributed by atoms with Gasteiger partial charge in [-0.3, -0.25) is 4.79 Å². The van der Waals surface area contributed by atoms with Gasteiger partial charge in [0.15, 0.2) is 0 Å². The summed E-state index contributed by atoms with van der Waals surface area (Å²) in [5.74, 6) is 0.255. The molecule has 8 heteroatoms. The maximum absolute atomic E-state index is 12.9. The molecule has 1 N–H and O–H groups in total. The second-order valence-corrected chi connectivity index (χ2v) is 10.0. The lowest BCUT2D eigenvalue weighted by molar-refractivity contribution is -0.126. The third-order valence-electron chi connectivity index (χ3n) is 5.18. The fraction of sp³-hybridized carbons (Fsp3) is 0.409. The molecule has 1 aliphatic heterocycles. The fourth-order valence-electron chi connectivity index (χ4n) is 3.47. The Balaban J connectivity index is 1.57. The van der Waals surface area contributed by atoms with Crippen LogP contribution in [0.2, 0.25) is 5.02 Å². The van der Waals surface area contributed by atoms with Crippen LogP contribution in [0.25, 0.3) is 0 Å². The summed E-state index contributed by atoms with van der Waals surface area (Å²) in [5.41, 5.74) is 1.03. The summed E-state index contributed by atoms with van der Waals surface area (Å²) in [6.45, 7) is 4.76. The highest BCUT2D eigenvalue weighted by atomic mass is 35.5. The van der Waals surface area contributed by atoms with E-state index < -0.39 is 10.0 Å². The van der Waals surface area contributed by atoms with Crippen molar-refractivity contribution in [2.24, 2.45) is 5.92 Å². The second-order valence-electron chi connectivity index (χ2n) is 7.64. The van der Waals surface area contributed by atoms with Crippen LogP contribution >= 0.6 is 11.6 Å². The Bertz CT molecular complexity index is 979. The standard InChI is InChI=1S/C22H27ClN2O4S/c1-16-6-3-4-8-21(16)29-15-17(2)24-22(26)18-7-5-13-25(14-18)30(27,28)20-11-9-19(23)10-12-20/h3-4,6,8-12,17-18H,5,7,13-15H2,1-2H3,(H,24,26)/t17-,18+/m1/s1. The minimum absolute atomic E-state index is 0.146. The Morgan fingerprint density at radius 2 is 1.93 bits per heavy atom. The number of ether oxygens (including phenoxy) is 1. The molecule has 1 amide bonds. The number of nitrogens with zero attached hydrogens (tertiary/aromatic N) is 1. The number of sulfonamides is 1. The Labute approximate surface area is 183 Å². The van der Waals surface area contributed by atoms with Crippen molar-refractivity contribution in [3.8, 4) is 5.75 Å². The average molecular weight is 451 g/mol. The molecule has 30 heavy (non-hydrogen) atoms. The van der Waals surface area contributed by atoms with Gasteiger partial charge >= 0.3 is 0 Å². The van der Waals surface area contributed by atoms with Gasteiger partial charge in [-0.15, -0.1) is 0 Å². The topological polar surface area (TPSA) is 75.7 Å². The number of hydrogen-bond donors (Lipinski definition) is 1. The third kappa shape index (κ3) is 5.53. The Morgan fingerprint density at radius 3 is 2.63 bits per heavy atom.